The van der Waals surface area contributed by atoms with Gasteiger partial charge in [0.1, 0.15) is 5.75 Å². The highest BCUT2D eigenvalue weighted by Crippen LogP contribution is 2.34. The normalized spacial score (nSPS) is 16.5. The molecule has 1 aromatic rings. The summed E-state index contributed by atoms with van der Waals surface area (Å²) in [5.74, 6) is 0.211. The average molecular weight is 234 g/mol. The number of rotatable bonds is 6. The van der Waals surface area contributed by atoms with Crippen molar-refractivity contribution in [3.8, 4) is 5.75 Å². The number of carbonyl (C=O) groups excluding carboxylic acids is 1. The van der Waals surface area contributed by atoms with E-state index in [4.69, 9.17) is 10.5 Å². The lowest BCUT2D eigenvalue weighted by Gasteiger charge is -2.11. The predicted molar refractivity (Wildman–Crippen MR) is 65.6 cm³/mol. The Bertz CT molecular complexity index is 396. The van der Waals surface area contributed by atoms with Crippen molar-refractivity contribution in [3.05, 3.63) is 29.8 Å². The smallest absolute Gasteiger partial charge is 0.255 e. The minimum Gasteiger partial charge on any atom is -0.484 e. The van der Waals surface area contributed by atoms with E-state index in [1.807, 2.05) is 24.3 Å². The highest BCUT2D eigenvalue weighted by atomic mass is 16.5. The van der Waals surface area contributed by atoms with Crippen molar-refractivity contribution in [2.45, 2.75) is 31.8 Å². The Morgan fingerprint density at radius 1 is 1.41 bits per heavy atom. The number of ether oxygens (including phenoxy) is 1. The quantitative estimate of drug-likeness (QED) is 0.777. The van der Waals surface area contributed by atoms with Gasteiger partial charge in [-0.1, -0.05) is 12.1 Å². The molecule has 0 bridgehead atoms. The molecule has 1 aliphatic carbocycles. The molecule has 0 aromatic heterocycles. The first kappa shape index (κ1) is 11.9. The molecule has 1 amide bonds. The Kier molecular flexibility index (Phi) is 3.33. The van der Waals surface area contributed by atoms with Crippen molar-refractivity contribution >= 4 is 5.91 Å². The summed E-state index contributed by atoms with van der Waals surface area (Å²) < 4.78 is 5.19. The second-order valence-electron chi connectivity index (χ2n) is 4.81. The fourth-order valence-electron chi connectivity index (χ4n) is 1.54. The Labute approximate surface area is 101 Å². The van der Waals surface area contributed by atoms with E-state index in [1.54, 1.807) is 0 Å². The molecule has 0 atom stereocenters. The predicted octanol–water partition coefficient (Wildman–Crippen LogP) is 1.19. The van der Waals surface area contributed by atoms with E-state index < -0.39 is 5.91 Å². The molecule has 0 aliphatic heterocycles. The Balaban J connectivity index is 1.82. The summed E-state index contributed by atoms with van der Waals surface area (Å²) in [6.07, 6.45) is 2.51. The third-order valence-corrected chi connectivity index (χ3v) is 3.02. The number of hydrogen-bond donors (Lipinski definition) is 2. The highest BCUT2D eigenvalue weighted by Gasteiger charge is 2.36. The molecule has 4 nitrogen and oxygen atoms in total. The van der Waals surface area contributed by atoms with Crippen molar-refractivity contribution in [2.24, 2.45) is 5.73 Å². The van der Waals surface area contributed by atoms with E-state index >= 15 is 0 Å². The monoisotopic (exact) mass is 234 g/mol. The largest absolute Gasteiger partial charge is 0.484 e. The molecular weight excluding hydrogens is 216 g/mol. The molecule has 1 aromatic carbocycles. The highest BCUT2D eigenvalue weighted by molar-refractivity contribution is 5.75. The van der Waals surface area contributed by atoms with Gasteiger partial charge in [0, 0.05) is 12.1 Å². The van der Waals surface area contributed by atoms with Crippen molar-refractivity contribution in [1.29, 1.82) is 0 Å². The van der Waals surface area contributed by atoms with Crippen LogP contribution in [0.15, 0.2) is 24.3 Å². The maximum Gasteiger partial charge on any atom is 0.255 e. The molecule has 17 heavy (non-hydrogen) atoms. The third kappa shape index (κ3) is 3.75. The van der Waals surface area contributed by atoms with Crippen LogP contribution in [0.1, 0.15) is 25.3 Å². The van der Waals surface area contributed by atoms with E-state index in [9.17, 15) is 4.79 Å². The van der Waals surface area contributed by atoms with E-state index in [0.29, 0.717) is 11.3 Å². The number of nitrogens with two attached hydrogens (primary N) is 1. The molecular formula is C13H18N2O2. The van der Waals surface area contributed by atoms with Crippen molar-refractivity contribution in [2.75, 3.05) is 6.61 Å². The van der Waals surface area contributed by atoms with Gasteiger partial charge >= 0.3 is 0 Å². The van der Waals surface area contributed by atoms with Crippen LogP contribution in [0.25, 0.3) is 0 Å². The van der Waals surface area contributed by atoms with Gasteiger partial charge in [-0.2, -0.15) is 0 Å². The van der Waals surface area contributed by atoms with Gasteiger partial charge in [0.25, 0.3) is 5.91 Å². The standard InChI is InChI=1S/C13H18N2O2/c1-13(6-7-13)15-8-10-2-4-11(5-3-10)17-9-12(14)16/h2-5,15H,6-9H2,1H3,(H2,14,16). The van der Waals surface area contributed by atoms with Gasteiger partial charge < -0.3 is 15.8 Å². The summed E-state index contributed by atoms with van der Waals surface area (Å²) in [6.45, 7) is 3.03. The van der Waals surface area contributed by atoms with Crippen LogP contribution in [0, 0.1) is 0 Å². The van der Waals surface area contributed by atoms with Gasteiger partial charge in [-0.3, -0.25) is 4.79 Å². The number of primary amides is 1. The first-order chi connectivity index (χ1) is 8.07. The molecule has 2 rings (SSSR count). The summed E-state index contributed by atoms with van der Waals surface area (Å²) in [6, 6.07) is 7.70. The minimum absolute atomic E-state index is 0.0737. The Hall–Kier alpha value is -1.55. The summed E-state index contributed by atoms with van der Waals surface area (Å²) in [7, 11) is 0. The molecule has 0 unspecified atom stereocenters. The first-order valence-electron chi connectivity index (χ1n) is 5.82. The lowest BCUT2D eigenvalue weighted by molar-refractivity contribution is -0.119. The van der Waals surface area contributed by atoms with Crippen LogP contribution in [0.4, 0.5) is 0 Å². The molecule has 1 saturated carbocycles. The minimum atomic E-state index is -0.461. The lowest BCUT2D eigenvalue weighted by Crippen LogP contribution is -2.26. The number of carbonyl (C=O) groups is 1. The van der Waals surface area contributed by atoms with E-state index in [2.05, 4.69) is 12.2 Å². The van der Waals surface area contributed by atoms with Crippen molar-refractivity contribution in [3.63, 3.8) is 0 Å². The summed E-state index contributed by atoms with van der Waals surface area (Å²) in [5, 5.41) is 3.50. The molecule has 1 aliphatic rings. The molecule has 0 spiro atoms. The molecule has 3 N–H and O–H groups in total. The van der Waals surface area contributed by atoms with Gasteiger partial charge in [-0.25, -0.2) is 0 Å². The molecule has 0 radical (unpaired) electrons. The summed E-state index contributed by atoms with van der Waals surface area (Å²) >= 11 is 0. The van der Waals surface area contributed by atoms with Crippen LogP contribution < -0.4 is 15.8 Å². The fourth-order valence-corrected chi connectivity index (χ4v) is 1.54. The average Bonchev–Trinajstić information content (AvgIpc) is 3.04. The maximum absolute atomic E-state index is 10.5. The Morgan fingerprint density at radius 2 is 2.06 bits per heavy atom. The SMILES string of the molecule is CC1(NCc2ccc(OCC(N)=O)cc2)CC1. The maximum atomic E-state index is 10.5. The van der Waals surface area contributed by atoms with Gasteiger partial charge in [0.2, 0.25) is 0 Å². The lowest BCUT2D eigenvalue weighted by atomic mass is 10.2. The van der Waals surface area contributed by atoms with Crippen LogP contribution in [0.2, 0.25) is 0 Å². The number of benzene rings is 1. The van der Waals surface area contributed by atoms with E-state index in [1.165, 1.54) is 18.4 Å². The van der Waals surface area contributed by atoms with E-state index in [0.717, 1.165) is 6.54 Å². The molecule has 92 valence electrons. The van der Waals surface area contributed by atoms with Crippen molar-refractivity contribution < 1.29 is 9.53 Å². The van der Waals surface area contributed by atoms with Crippen LogP contribution in [0.5, 0.6) is 5.75 Å². The second-order valence-corrected chi connectivity index (χ2v) is 4.81. The van der Waals surface area contributed by atoms with E-state index in [-0.39, 0.29) is 6.61 Å². The zero-order valence-electron chi connectivity index (χ0n) is 10.0. The van der Waals surface area contributed by atoms with Gasteiger partial charge in [0.15, 0.2) is 6.61 Å². The molecule has 4 heteroatoms. The zero-order chi connectivity index (χ0) is 12.3. The topological polar surface area (TPSA) is 64.3 Å². The zero-order valence-corrected chi connectivity index (χ0v) is 10.0. The van der Waals surface area contributed by atoms with Gasteiger partial charge in [-0.15, -0.1) is 0 Å². The number of hydrogen-bond acceptors (Lipinski definition) is 3. The molecule has 0 heterocycles. The molecule has 0 saturated heterocycles. The summed E-state index contributed by atoms with van der Waals surface area (Å²) in [4.78, 5) is 10.5. The fraction of sp³-hybridized carbons (Fsp3) is 0.462. The third-order valence-electron chi connectivity index (χ3n) is 3.02. The first-order valence-corrected chi connectivity index (χ1v) is 5.82. The second kappa shape index (κ2) is 4.75. The summed E-state index contributed by atoms with van der Waals surface area (Å²) in [5.41, 5.74) is 6.56. The van der Waals surface area contributed by atoms with Crippen LogP contribution in [-0.4, -0.2) is 18.1 Å². The molecule has 1 fully saturated rings. The van der Waals surface area contributed by atoms with Crippen LogP contribution in [-0.2, 0) is 11.3 Å². The van der Waals surface area contributed by atoms with Gasteiger partial charge in [-0.05, 0) is 37.5 Å². The van der Waals surface area contributed by atoms with Crippen LogP contribution >= 0.6 is 0 Å². The number of nitrogens with one attached hydrogen (secondary N) is 1. The Morgan fingerprint density at radius 3 is 2.59 bits per heavy atom. The van der Waals surface area contributed by atoms with Gasteiger partial charge in [0.05, 0.1) is 0 Å². The number of amides is 1. The van der Waals surface area contributed by atoms with Crippen LogP contribution in [0.3, 0.4) is 0 Å². The van der Waals surface area contributed by atoms with Crippen molar-refractivity contribution in [1.82, 2.24) is 5.32 Å².